The monoisotopic (exact) mass is 339 g/mol. The number of anilines is 2. The molecular formula is C16H17N7O2. The zero-order valence-corrected chi connectivity index (χ0v) is 13.4. The van der Waals surface area contributed by atoms with Crippen LogP contribution >= 0.6 is 0 Å². The molecular weight excluding hydrogens is 322 g/mol. The van der Waals surface area contributed by atoms with Gasteiger partial charge >= 0.3 is 5.69 Å². The molecule has 1 aromatic heterocycles. The molecule has 25 heavy (non-hydrogen) atoms. The average Bonchev–Trinajstić information content (AvgIpc) is 2.62. The molecule has 0 amide bonds. The van der Waals surface area contributed by atoms with Crippen LogP contribution in [0.4, 0.5) is 17.5 Å². The molecule has 1 aliphatic rings. The maximum absolute atomic E-state index is 10.8. The predicted molar refractivity (Wildman–Crippen MR) is 91.6 cm³/mol. The molecule has 2 N–H and O–H groups in total. The summed E-state index contributed by atoms with van der Waals surface area (Å²) in [5.74, 6) is 0.137. The summed E-state index contributed by atoms with van der Waals surface area (Å²) in [5.41, 5.74) is 6.46. The van der Waals surface area contributed by atoms with Gasteiger partial charge in [-0.05, 0) is 5.56 Å². The first-order valence-corrected chi connectivity index (χ1v) is 7.78. The molecule has 1 saturated heterocycles. The zero-order chi connectivity index (χ0) is 17.8. The van der Waals surface area contributed by atoms with Gasteiger partial charge < -0.3 is 10.6 Å². The fraction of sp³-hybridized carbons (Fsp3) is 0.312. The first-order valence-electron chi connectivity index (χ1n) is 7.78. The second-order valence-corrected chi connectivity index (χ2v) is 5.74. The van der Waals surface area contributed by atoms with E-state index in [1.807, 2.05) is 35.2 Å². The molecule has 0 aliphatic carbocycles. The number of nitro groups is 1. The van der Waals surface area contributed by atoms with Gasteiger partial charge in [0.2, 0.25) is 11.8 Å². The van der Waals surface area contributed by atoms with E-state index in [0.29, 0.717) is 32.1 Å². The van der Waals surface area contributed by atoms with Crippen LogP contribution in [0.25, 0.3) is 0 Å². The van der Waals surface area contributed by atoms with Gasteiger partial charge in [0.25, 0.3) is 0 Å². The Morgan fingerprint density at radius 3 is 2.76 bits per heavy atom. The molecule has 0 unspecified atom stereocenters. The summed E-state index contributed by atoms with van der Waals surface area (Å²) >= 11 is 0. The Bertz CT molecular complexity index is 806. The molecule has 1 aliphatic heterocycles. The number of hydrogen-bond donors (Lipinski definition) is 1. The quantitative estimate of drug-likeness (QED) is 0.650. The van der Waals surface area contributed by atoms with E-state index in [4.69, 9.17) is 5.73 Å². The van der Waals surface area contributed by atoms with Gasteiger partial charge in [-0.2, -0.15) is 10.2 Å². The van der Waals surface area contributed by atoms with E-state index in [2.05, 4.69) is 20.9 Å². The van der Waals surface area contributed by atoms with Crippen LogP contribution in [0.3, 0.4) is 0 Å². The second kappa shape index (κ2) is 7.11. The number of aromatic nitrogens is 2. The Balaban J connectivity index is 1.72. The number of benzene rings is 1. The van der Waals surface area contributed by atoms with Crippen LogP contribution in [-0.4, -0.2) is 45.5 Å². The molecule has 0 saturated carbocycles. The van der Waals surface area contributed by atoms with Gasteiger partial charge in [-0.15, -0.1) is 0 Å². The first-order chi connectivity index (χ1) is 12.1. The maximum Gasteiger partial charge on any atom is 0.329 e. The summed E-state index contributed by atoms with van der Waals surface area (Å²) in [6, 6.07) is 11.9. The minimum atomic E-state index is -0.616. The van der Waals surface area contributed by atoms with E-state index in [-0.39, 0.29) is 17.5 Å². The highest BCUT2D eigenvalue weighted by molar-refractivity contribution is 5.54. The van der Waals surface area contributed by atoms with Crippen LogP contribution in [-0.2, 0) is 6.54 Å². The van der Waals surface area contributed by atoms with Crippen molar-refractivity contribution in [3.8, 4) is 6.07 Å². The van der Waals surface area contributed by atoms with Crippen LogP contribution in [0, 0.1) is 21.4 Å². The largest absolute Gasteiger partial charge is 0.378 e. The van der Waals surface area contributed by atoms with Gasteiger partial charge in [0.15, 0.2) is 0 Å². The number of rotatable bonds is 4. The van der Waals surface area contributed by atoms with Gasteiger partial charge in [-0.3, -0.25) is 15.0 Å². The van der Waals surface area contributed by atoms with Crippen LogP contribution in [0.1, 0.15) is 5.56 Å². The zero-order valence-electron chi connectivity index (χ0n) is 13.4. The maximum atomic E-state index is 10.8. The molecule has 9 nitrogen and oxygen atoms in total. The van der Waals surface area contributed by atoms with E-state index >= 15 is 0 Å². The molecule has 1 fully saturated rings. The van der Waals surface area contributed by atoms with Crippen LogP contribution < -0.4 is 10.6 Å². The topological polar surface area (TPSA) is 125 Å². The highest BCUT2D eigenvalue weighted by atomic mass is 16.6. The minimum absolute atomic E-state index is 0.171. The Morgan fingerprint density at radius 2 is 2.12 bits per heavy atom. The average molecular weight is 339 g/mol. The molecule has 9 heteroatoms. The van der Waals surface area contributed by atoms with Crippen molar-refractivity contribution < 1.29 is 4.92 Å². The van der Waals surface area contributed by atoms with Crippen molar-refractivity contribution in [1.29, 1.82) is 5.26 Å². The number of nitrogens with two attached hydrogens (primary N) is 1. The molecule has 2 heterocycles. The first kappa shape index (κ1) is 16.6. The SMILES string of the molecule is N#C[C@H]1CN(c2ncc([N+](=O)[O-])c(N)n2)CCN1Cc1ccccc1. The van der Waals surface area contributed by atoms with Gasteiger partial charge in [-0.1, -0.05) is 30.3 Å². The lowest BCUT2D eigenvalue weighted by Crippen LogP contribution is -2.52. The second-order valence-electron chi connectivity index (χ2n) is 5.74. The van der Waals surface area contributed by atoms with Crippen LogP contribution in [0.15, 0.2) is 36.5 Å². The number of hydrogen-bond acceptors (Lipinski definition) is 8. The molecule has 0 spiro atoms. The number of nitrogen functional groups attached to an aromatic ring is 1. The minimum Gasteiger partial charge on any atom is -0.378 e. The van der Waals surface area contributed by atoms with Gasteiger partial charge in [0.1, 0.15) is 12.2 Å². The van der Waals surface area contributed by atoms with E-state index in [1.54, 1.807) is 0 Å². The van der Waals surface area contributed by atoms with Crippen LogP contribution in [0.5, 0.6) is 0 Å². The Morgan fingerprint density at radius 1 is 1.36 bits per heavy atom. The normalized spacial score (nSPS) is 17.9. The molecule has 3 rings (SSSR count). The Kier molecular flexibility index (Phi) is 4.72. The standard InChI is InChI=1S/C16H17N7O2/c17-8-13-11-22(16-19-9-14(23(24)25)15(18)20-16)7-6-21(13)10-12-4-2-1-3-5-12/h1-5,9,13H,6-7,10-11H2,(H2,18,19,20)/t13-/m0/s1. The van der Waals surface area contributed by atoms with Crippen molar-refractivity contribution in [2.45, 2.75) is 12.6 Å². The van der Waals surface area contributed by atoms with E-state index < -0.39 is 4.92 Å². The highest BCUT2D eigenvalue weighted by Crippen LogP contribution is 2.22. The van der Waals surface area contributed by atoms with Crippen molar-refractivity contribution in [2.24, 2.45) is 0 Å². The van der Waals surface area contributed by atoms with Gasteiger partial charge in [-0.25, -0.2) is 4.98 Å². The van der Waals surface area contributed by atoms with Crippen molar-refractivity contribution in [2.75, 3.05) is 30.3 Å². The molecule has 1 atom stereocenters. The summed E-state index contributed by atoms with van der Waals surface area (Å²) in [7, 11) is 0. The van der Waals surface area contributed by atoms with Crippen molar-refractivity contribution >= 4 is 17.5 Å². The van der Waals surface area contributed by atoms with Crippen molar-refractivity contribution in [3.05, 3.63) is 52.2 Å². The summed E-state index contributed by atoms with van der Waals surface area (Å²) in [6.07, 6.45) is 1.11. The van der Waals surface area contributed by atoms with E-state index in [0.717, 1.165) is 11.8 Å². The van der Waals surface area contributed by atoms with Crippen molar-refractivity contribution in [3.63, 3.8) is 0 Å². The lowest BCUT2D eigenvalue weighted by Gasteiger charge is -2.38. The fourth-order valence-corrected chi connectivity index (χ4v) is 2.80. The number of nitriles is 1. The summed E-state index contributed by atoms with van der Waals surface area (Å²) < 4.78 is 0. The summed E-state index contributed by atoms with van der Waals surface area (Å²) in [6.45, 7) is 2.38. The fourth-order valence-electron chi connectivity index (χ4n) is 2.80. The van der Waals surface area contributed by atoms with E-state index in [9.17, 15) is 15.4 Å². The Hall–Kier alpha value is -3.25. The molecule has 2 aromatic rings. The van der Waals surface area contributed by atoms with E-state index in [1.165, 1.54) is 0 Å². The third-order valence-corrected chi connectivity index (χ3v) is 4.13. The Labute approximate surface area is 144 Å². The van der Waals surface area contributed by atoms with Crippen molar-refractivity contribution in [1.82, 2.24) is 14.9 Å². The van der Waals surface area contributed by atoms with Gasteiger partial charge in [0.05, 0.1) is 11.0 Å². The smallest absolute Gasteiger partial charge is 0.329 e. The predicted octanol–water partition coefficient (Wildman–Crippen LogP) is 1.18. The molecule has 1 aromatic carbocycles. The van der Waals surface area contributed by atoms with Crippen LogP contribution in [0.2, 0.25) is 0 Å². The number of piperazine rings is 1. The summed E-state index contributed by atoms with van der Waals surface area (Å²) in [5, 5.41) is 20.3. The summed E-state index contributed by atoms with van der Waals surface area (Å²) in [4.78, 5) is 22.2. The third-order valence-electron chi connectivity index (χ3n) is 4.13. The lowest BCUT2D eigenvalue weighted by molar-refractivity contribution is -0.384. The highest BCUT2D eigenvalue weighted by Gasteiger charge is 2.29. The molecule has 128 valence electrons. The molecule has 0 bridgehead atoms. The van der Waals surface area contributed by atoms with Gasteiger partial charge in [0, 0.05) is 26.2 Å². The number of nitrogens with zero attached hydrogens (tertiary/aromatic N) is 6. The molecule has 0 radical (unpaired) electrons. The lowest BCUT2D eigenvalue weighted by atomic mass is 10.1. The third kappa shape index (κ3) is 3.64.